The van der Waals surface area contributed by atoms with E-state index in [1.807, 2.05) is 58.0 Å². The topological polar surface area (TPSA) is 45.0 Å². The summed E-state index contributed by atoms with van der Waals surface area (Å²) in [6.45, 7) is 21.7. The van der Waals surface area contributed by atoms with Crippen molar-refractivity contribution >= 4 is 29.1 Å². The second-order valence-electron chi connectivity index (χ2n) is 11.6. The fraction of sp³-hybridized carbons (Fsp3) is 0.224. The summed E-state index contributed by atoms with van der Waals surface area (Å²) in [4.78, 5) is 3.45. The number of rotatable bonds is 2. The number of benzene rings is 3. The van der Waals surface area contributed by atoms with E-state index in [2.05, 4.69) is 136 Å². The van der Waals surface area contributed by atoms with Crippen LogP contribution in [0.1, 0.15) is 82.9 Å². The van der Waals surface area contributed by atoms with Crippen LogP contribution in [0.3, 0.4) is 0 Å². The average molecular weight is 712 g/mol. The van der Waals surface area contributed by atoms with Crippen LogP contribution in [0.25, 0.3) is 29.1 Å². The van der Waals surface area contributed by atoms with Crippen LogP contribution >= 0.6 is 0 Å². The van der Waals surface area contributed by atoms with E-state index in [4.69, 9.17) is 5.73 Å². The molecule has 0 radical (unpaired) electrons. The van der Waals surface area contributed by atoms with Gasteiger partial charge in [-0.1, -0.05) is 171 Å². The predicted octanol–water partition coefficient (Wildman–Crippen LogP) is 12.7. The van der Waals surface area contributed by atoms with Crippen molar-refractivity contribution in [3.05, 3.63) is 198 Å². The first kappa shape index (κ1) is 45.4. The number of hydrogen-bond acceptors (Lipinski definition) is 2. The molecule has 8 rings (SSSR count). The summed E-state index contributed by atoms with van der Waals surface area (Å²) in [5.74, 6) is 0.659. The lowest BCUT2D eigenvalue weighted by Crippen LogP contribution is -2.24. The van der Waals surface area contributed by atoms with Crippen LogP contribution in [-0.4, -0.2) is 10.1 Å². The molecule has 0 fully saturated rings. The predicted molar refractivity (Wildman–Crippen MR) is 235 cm³/mol. The Hall–Kier alpha value is -5.61. The lowest BCUT2D eigenvalue weighted by molar-refractivity contribution is 0.144. The van der Waals surface area contributed by atoms with Gasteiger partial charge in [-0.05, 0) is 81.2 Å². The van der Waals surface area contributed by atoms with Crippen molar-refractivity contribution in [2.24, 2.45) is 5.73 Å². The number of H-pyrrole nitrogens is 1. The highest BCUT2D eigenvalue weighted by molar-refractivity contribution is 5.83. The number of aromatic nitrogens is 1. The number of halogens is 1. The fourth-order valence-electron chi connectivity index (χ4n) is 4.98. The fourth-order valence-corrected chi connectivity index (χ4v) is 4.98. The standard InChI is InChI=1S/C14H14N2.C9H8.C7H10.C7H8.C6H6FN.2C2H6.C2H4/c15-8-7-10-5-6-12-11-3-1-2-4-13(11)16-14(12)9-10;1-2-4-8(5-3-1)9-6-7-9;2*1-7-5-3-2-4-6-7;1-6-4-2-3-5-8(6)7;3*1-2/h3-9,16H,1-2,15H2;1-7,9H;2-3,5H,4,6H2,1H3;2-6H,1H3;2-5H,1H2;2*1-2H3;1-2H2/b8-7+;;;;;;;. The molecular formula is C49H62FN3. The molecule has 0 atom stereocenters. The van der Waals surface area contributed by atoms with Gasteiger partial charge in [0.1, 0.15) is 0 Å². The third kappa shape index (κ3) is 17.9. The minimum Gasteiger partial charge on any atom is -0.405 e. The number of nitrogens with zero attached hydrogens (tertiary/aromatic N) is 1. The molecule has 4 aliphatic rings. The van der Waals surface area contributed by atoms with Crippen molar-refractivity contribution in [2.45, 2.75) is 73.1 Å². The Kier molecular flexibility index (Phi) is 24.0. The van der Waals surface area contributed by atoms with E-state index in [1.165, 1.54) is 57.2 Å². The number of aryl methyl sites for hydroxylation is 1. The minimum absolute atomic E-state index is 0.368. The summed E-state index contributed by atoms with van der Waals surface area (Å²) >= 11 is 0. The zero-order valence-electron chi connectivity index (χ0n) is 32.9. The number of nitrogens with two attached hydrogens (primary N) is 1. The van der Waals surface area contributed by atoms with E-state index in [0.717, 1.165) is 18.4 Å². The van der Waals surface area contributed by atoms with Crippen molar-refractivity contribution in [1.82, 2.24) is 10.1 Å². The highest BCUT2D eigenvalue weighted by Gasteiger charge is 2.11. The SMILES string of the molecule is C1=CC1c1ccccc1.C=C.C=C1C=CC=CN1F.CC.CC.CC1=CC=CCC1.Cc1ccccc1.N/C=C/c1ccc2c3c([nH]c2c1)=CCCC=3. The molecule has 3 nitrogen and oxygen atoms in total. The Bertz CT molecular complexity index is 1900. The number of hydrogen-bond donors (Lipinski definition) is 2. The van der Waals surface area contributed by atoms with Gasteiger partial charge in [0.05, 0.1) is 5.70 Å². The first-order chi connectivity index (χ1) is 25.9. The smallest absolute Gasteiger partial charge is 0.0668 e. The van der Waals surface area contributed by atoms with Crippen LogP contribution in [0.15, 0.2) is 171 Å². The second-order valence-corrected chi connectivity index (χ2v) is 11.6. The zero-order chi connectivity index (χ0) is 39.3. The molecule has 0 saturated carbocycles. The molecule has 4 heteroatoms. The molecular weight excluding hydrogens is 650 g/mol. The Morgan fingerprint density at radius 2 is 1.45 bits per heavy atom. The van der Waals surface area contributed by atoms with E-state index in [9.17, 15) is 4.48 Å². The van der Waals surface area contributed by atoms with Gasteiger partial charge in [0.25, 0.3) is 0 Å². The zero-order valence-corrected chi connectivity index (χ0v) is 32.9. The van der Waals surface area contributed by atoms with Crippen LogP contribution in [0.5, 0.6) is 0 Å². The molecule has 53 heavy (non-hydrogen) atoms. The quantitative estimate of drug-likeness (QED) is 0.161. The first-order valence-electron chi connectivity index (χ1n) is 18.7. The number of nitrogens with one attached hydrogen (secondary N) is 1. The number of fused-ring (bicyclic) bond motifs is 3. The van der Waals surface area contributed by atoms with Gasteiger partial charge in [-0.15, -0.1) is 13.2 Å². The molecule has 1 aliphatic heterocycles. The molecule has 2 heterocycles. The molecule has 3 N–H and O–H groups in total. The van der Waals surface area contributed by atoms with Gasteiger partial charge in [-0.3, -0.25) is 0 Å². The van der Waals surface area contributed by atoms with E-state index in [-0.39, 0.29) is 0 Å². The summed E-state index contributed by atoms with van der Waals surface area (Å²) < 4.78 is 12.2. The molecule has 0 spiro atoms. The van der Waals surface area contributed by atoms with Crippen LogP contribution in [-0.2, 0) is 0 Å². The molecule has 1 aromatic heterocycles. The van der Waals surface area contributed by atoms with Gasteiger partial charge < -0.3 is 10.7 Å². The summed E-state index contributed by atoms with van der Waals surface area (Å²) in [6, 6.07) is 27.2. The molecule has 0 amide bonds. The Morgan fingerprint density at radius 3 is 1.92 bits per heavy atom. The van der Waals surface area contributed by atoms with Gasteiger partial charge in [0, 0.05) is 33.6 Å². The lowest BCUT2D eigenvalue weighted by atomic mass is 10.1. The Balaban J connectivity index is 0.000000332. The Morgan fingerprint density at radius 1 is 0.811 bits per heavy atom. The summed E-state index contributed by atoms with van der Waals surface area (Å²) in [5, 5.41) is 4.39. The Labute approximate surface area is 319 Å². The van der Waals surface area contributed by atoms with E-state index in [1.54, 1.807) is 24.4 Å². The molecule has 0 unspecified atom stereocenters. The van der Waals surface area contributed by atoms with Gasteiger partial charge in [0.15, 0.2) is 0 Å². The van der Waals surface area contributed by atoms with Crippen molar-refractivity contribution < 1.29 is 4.48 Å². The van der Waals surface area contributed by atoms with Crippen LogP contribution < -0.4 is 16.3 Å². The van der Waals surface area contributed by atoms with Crippen LogP contribution in [0.2, 0.25) is 0 Å². The molecule has 4 aromatic rings. The van der Waals surface area contributed by atoms with Gasteiger partial charge in [-0.2, -0.15) is 5.12 Å². The molecule has 3 aliphatic carbocycles. The van der Waals surface area contributed by atoms with Crippen molar-refractivity contribution in [1.29, 1.82) is 0 Å². The number of allylic oxidation sites excluding steroid dienone is 9. The van der Waals surface area contributed by atoms with Crippen molar-refractivity contribution in [3.8, 4) is 0 Å². The van der Waals surface area contributed by atoms with Gasteiger partial charge in [-0.25, -0.2) is 0 Å². The van der Waals surface area contributed by atoms with Crippen LogP contribution in [0.4, 0.5) is 4.48 Å². The van der Waals surface area contributed by atoms with Crippen LogP contribution in [0, 0.1) is 6.92 Å². The molecule has 0 saturated heterocycles. The maximum absolute atomic E-state index is 12.2. The largest absolute Gasteiger partial charge is 0.405 e. The highest BCUT2D eigenvalue weighted by atomic mass is 19.2. The normalized spacial score (nSPS) is 13.8. The average Bonchev–Trinajstić information content (AvgIpc) is 4.01. The van der Waals surface area contributed by atoms with Gasteiger partial charge >= 0.3 is 0 Å². The van der Waals surface area contributed by atoms with Gasteiger partial charge in [0.2, 0.25) is 0 Å². The van der Waals surface area contributed by atoms with E-state index < -0.39 is 0 Å². The summed E-state index contributed by atoms with van der Waals surface area (Å²) in [6.07, 6.45) is 30.0. The van der Waals surface area contributed by atoms with Crippen molar-refractivity contribution in [2.75, 3.05) is 0 Å². The monoisotopic (exact) mass is 711 g/mol. The number of aromatic amines is 1. The lowest BCUT2D eigenvalue weighted by Gasteiger charge is -2.09. The molecule has 3 aromatic carbocycles. The maximum Gasteiger partial charge on any atom is 0.0668 e. The molecule has 280 valence electrons. The van der Waals surface area contributed by atoms with E-state index in [0.29, 0.717) is 16.7 Å². The third-order valence-corrected chi connectivity index (χ3v) is 7.67. The van der Waals surface area contributed by atoms with Crippen molar-refractivity contribution in [3.63, 3.8) is 0 Å². The second kappa shape index (κ2) is 28.0. The maximum atomic E-state index is 12.2. The van der Waals surface area contributed by atoms with E-state index >= 15 is 0 Å². The first-order valence-corrected chi connectivity index (χ1v) is 18.7. The third-order valence-electron chi connectivity index (χ3n) is 7.67. The summed E-state index contributed by atoms with van der Waals surface area (Å²) in [5.41, 5.74) is 12.3. The highest BCUT2D eigenvalue weighted by Crippen LogP contribution is 2.28. The minimum atomic E-state index is 0.368. The summed E-state index contributed by atoms with van der Waals surface area (Å²) in [7, 11) is 0. The molecule has 0 bridgehead atoms.